The Balaban J connectivity index is 2.34. The van der Waals surface area contributed by atoms with Gasteiger partial charge in [-0.25, -0.2) is 9.67 Å². The van der Waals surface area contributed by atoms with Crippen LogP contribution in [-0.2, 0) is 6.54 Å². The lowest BCUT2D eigenvalue weighted by Gasteiger charge is -2.09. The molecule has 2 aromatic rings. The van der Waals surface area contributed by atoms with Gasteiger partial charge >= 0.3 is 0 Å². The first kappa shape index (κ1) is 15.2. The van der Waals surface area contributed by atoms with Crippen LogP contribution in [0.3, 0.4) is 0 Å². The topological polar surface area (TPSA) is 42.7 Å². The summed E-state index contributed by atoms with van der Waals surface area (Å²) in [6, 6.07) is 4.22. The Morgan fingerprint density at radius 3 is 2.60 bits per heavy atom. The van der Waals surface area contributed by atoms with Crippen LogP contribution in [0.25, 0.3) is 5.82 Å². The fraction of sp³-hybridized carbons (Fsp3) is 0.467. The molecule has 0 spiro atoms. The Hall–Kier alpha value is -1.20. The molecule has 0 radical (unpaired) electrons. The summed E-state index contributed by atoms with van der Waals surface area (Å²) in [5.41, 5.74) is 4.31. The average Bonchev–Trinajstić information content (AvgIpc) is 2.66. The number of nitrogens with zero attached hydrogens (tertiary/aromatic N) is 3. The van der Waals surface area contributed by atoms with E-state index in [0.717, 1.165) is 46.9 Å². The summed E-state index contributed by atoms with van der Waals surface area (Å²) < 4.78 is 2.95. The number of aromatic nitrogens is 3. The molecule has 0 aromatic carbocycles. The van der Waals surface area contributed by atoms with E-state index in [1.165, 1.54) is 5.56 Å². The largest absolute Gasteiger partial charge is 0.313 e. The fourth-order valence-electron chi connectivity index (χ4n) is 2.19. The second kappa shape index (κ2) is 6.50. The van der Waals surface area contributed by atoms with Crippen molar-refractivity contribution in [3.8, 4) is 5.82 Å². The van der Waals surface area contributed by atoms with Gasteiger partial charge in [0.1, 0.15) is 0 Å². The van der Waals surface area contributed by atoms with E-state index in [4.69, 9.17) is 0 Å². The lowest BCUT2D eigenvalue weighted by atomic mass is 10.2. The van der Waals surface area contributed by atoms with Gasteiger partial charge in [-0.05, 0) is 67.4 Å². The van der Waals surface area contributed by atoms with Crippen LogP contribution in [0.2, 0.25) is 0 Å². The molecule has 0 aliphatic heterocycles. The lowest BCUT2D eigenvalue weighted by molar-refractivity contribution is 0.672. The Morgan fingerprint density at radius 1 is 1.25 bits per heavy atom. The summed E-state index contributed by atoms with van der Waals surface area (Å²) >= 11 is 3.56. The third kappa shape index (κ3) is 3.27. The van der Waals surface area contributed by atoms with Gasteiger partial charge in [-0.3, -0.25) is 0 Å². The first-order valence-electron chi connectivity index (χ1n) is 6.93. The number of rotatable bonds is 5. The van der Waals surface area contributed by atoms with E-state index < -0.39 is 0 Å². The molecule has 2 rings (SSSR count). The quantitative estimate of drug-likeness (QED) is 0.850. The van der Waals surface area contributed by atoms with Crippen LogP contribution in [0.5, 0.6) is 0 Å². The predicted molar refractivity (Wildman–Crippen MR) is 85.3 cm³/mol. The van der Waals surface area contributed by atoms with Gasteiger partial charge in [-0.2, -0.15) is 5.10 Å². The molecule has 0 saturated heterocycles. The number of halogens is 1. The normalized spacial score (nSPS) is 11.1. The molecule has 20 heavy (non-hydrogen) atoms. The maximum Gasteiger partial charge on any atom is 0.154 e. The number of nitrogens with one attached hydrogen (secondary N) is 1. The van der Waals surface area contributed by atoms with E-state index in [1.807, 2.05) is 25.5 Å². The summed E-state index contributed by atoms with van der Waals surface area (Å²) in [5.74, 6) is 0.879. The Kier molecular flexibility index (Phi) is 4.94. The molecule has 0 saturated carbocycles. The van der Waals surface area contributed by atoms with Crippen LogP contribution in [0.4, 0.5) is 0 Å². The SMILES string of the molecule is CCCNCc1cc(C)nc(-n2nc(C)c(Br)c2C)c1. The molecule has 1 N–H and O–H groups in total. The van der Waals surface area contributed by atoms with Crippen molar-refractivity contribution in [2.24, 2.45) is 0 Å². The molecule has 2 heterocycles. The van der Waals surface area contributed by atoms with E-state index in [0.29, 0.717) is 0 Å². The lowest BCUT2D eigenvalue weighted by Crippen LogP contribution is -2.15. The van der Waals surface area contributed by atoms with Gasteiger partial charge < -0.3 is 5.32 Å². The zero-order chi connectivity index (χ0) is 14.7. The summed E-state index contributed by atoms with van der Waals surface area (Å²) in [5, 5.41) is 7.97. The van der Waals surface area contributed by atoms with Gasteiger partial charge in [0.05, 0.1) is 15.9 Å². The Morgan fingerprint density at radius 2 is 2.00 bits per heavy atom. The minimum Gasteiger partial charge on any atom is -0.313 e. The molecule has 2 aromatic heterocycles. The van der Waals surface area contributed by atoms with Crippen LogP contribution < -0.4 is 5.32 Å². The molecule has 0 amide bonds. The highest BCUT2D eigenvalue weighted by Crippen LogP contribution is 2.22. The van der Waals surface area contributed by atoms with Crippen molar-refractivity contribution in [1.29, 1.82) is 0 Å². The molecule has 0 bridgehead atoms. The Bertz CT molecular complexity index is 604. The standard InChI is InChI=1S/C15H21BrN4/c1-5-6-17-9-13-7-10(2)18-14(8-13)20-12(4)15(16)11(3)19-20/h7-8,17H,5-6,9H2,1-4H3. The smallest absolute Gasteiger partial charge is 0.154 e. The third-order valence-corrected chi connectivity index (χ3v) is 4.32. The summed E-state index contributed by atoms with van der Waals surface area (Å²) in [6.45, 7) is 10.1. The molecule has 0 fully saturated rings. The number of pyridine rings is 1. The van der Waals surface area contributed by atoms with Crippen molar-refractivity contribution in [2.75, 3.05) is 6.54 Å². The highest BCUT2D eigenvalue weighted by Gasteiger charge is 2.12. The number of hydrogen-bond acceptors (Lipinski definition) is 3. The van der Waals surface area contributed by atoms with Crippen molar-refractivity contribution in [3.05, 3.63) is 39.3 Å². The minimum atomic E-state index is 0.866. The van der Waals surface area contributed by atoms with Gasteiger partial charge in [-0.1, -0.05) is 6.92 Å². The van der Waals surface area contributed by atoms with E-state index in [2.05, 4.69) is 50.4 Å². The first-order valence-corrected chi connectivity index (χ1v) is 7.72. The summed E-state index contributed by atoms with van der Waals surface area (Å²) in [4.78, 5) is 4.60. The van der Waals surface area contributed by atoms with Crippen LogP contribution in [0.1, 0.15) is 36.0 Å². The molecule has 0 aliphatic rings. The second-order valence-corrected chi connectivity index (χ2v) is 5.84. The zero-order valence-corrected chi connectivity index (χ0v) is 14.1. The number of aryl methyl sites for hydroxylation is 2. The van der Waals surface area contributed by atoms with Crippen molar-refractivity contribution < 1.29 is 0 Å². The summed E-state index contributed by atoms with van der Waals surface area (Å²) in [7, 11) is 0. The van der Waals surface area contributed by atoms with E-state index >= 15 is 0 Å². The van der Waals surface area contributed by atoms with E-state index in [9.17, 15) is 0 Å². The molecule has 0 atom stereocenters. The second-order valence-electron chi connectivity index (χ2n) is 5.05. The molecular weight excluding hydrogens is 316 g/mol. The molecule has 4 nitrogen and oxygen atoms in total. The van der Waals surface area contributed by atoms with Crippen molar-refractivity contribution in [3.63, 3.8) is 0 Å². The zero-order valence-electron chi connectivity index (χ0n) is 12.5. The van der Waals surface area contributed by atoms with Crippen molar-refractivity contribution in [1.82, 2.24) is 20.1 Å². The highest BCUT2D eigenvalue weighted by atomic mass is 79.9. The predicted octanol–water partition coefficient (Wildman–Crippen LogP) is 3.45. The Labute approximate surface area is 128 Å². The molecule has 108 valence electrons. The van der Waals surface area contributed by atoms with Crippen molar-refractivity contribution >= 4 is 15.9 Å². The molecular formula is C15H21BrN4. The van der Waals surface area contributed by atoms with Gasteiger partial charge in [0.2, 0.25) is 0 Å². The van der Waals surface area contributed by atoms with Gasteiger partial charge in [-0.15, -0.1) is 0 Å². The first-order chi connectivity index (χ1) is 9.52. The maximum atomic E-state index is 4.60. The van der Waals surface area contributed by atoms with Crippen LogP contribution >= 0.6 is 15.9 Å². The minimum absolute atomic E-state index is 0.866. The van der Waals surface area contributed by atoms with Crippen LogP contribution in [0, 0.1) is 20.8 Å². The van der Waals surface area contributed by atoms with Crippen molar-refractivity contribution in [2.45, 2.75) is 40.7 Å². The third-order valence-electron chi connectivity index (χ3n) is 3.18. The van der Waals surface area contributed by atoms with Gasteiger partial charge in [0.25, 0.3) is 0 Å². The van der Waals surface area contributed by atoms with E-state index in [1.54, 1.807) is 0 Å². The fourth-order valence-corrected chi connectivity index (χ4v) is 2.44. The molecule has 5 heteroatoms. The van der Waals surface area contributed by atoms with Crippen LogP contribution in [-0.4, -0.2) is 21.3 Å². The number of hydrogen-bond donors (Lipinski definition) is 1. The highest BCUT2D eigenvalue weighted by molar-refractivity contribution is 9.10. The molecule has 0 unspecified atom stereocenters. The van der Waals surface area contributed by atoms with Gasteiger partial charge in [0, 0.05) is 12.2 Å². The van der Waals surface area contributed by atoms with Gasteiger partial charge in [0.15, 0.2) is 5.82 Å². The maximum absolute atomic E-state index is 4.60. The summed E-state index contributed by atoms with van der Waals surface area (Å²) in [6.07, 6.45) is 1.14. The van der Waals surface area contributed by atoms with E-state index in [-0.39, 0.29) is 0 Å². The monoisotopic (exact) mass is 336 g/mol. The van der Waals surface area contributed by atoms with Crippen LogP contribution in [0.15, 0.2) is 16.6 Å². The average molecular weight is 337 g/mol. The molecule has 0 aliphatic carbocycles.